The molecule has 1 aromatic carbocycles. The summed E-state index contributed by atoms with van der Waals surface area (Å²) in [7, 11) is 0. The zero-order valence-electron chi connectivity index (χ0n) is 12.9. The van der Waals surface area contributed by atoms with Gasteiger partial charge in [0.25, 0.3) is 0 Å². The van der Waals surface area contributed by atoms with Crippen molar-refractivity contribution in [1.29, 1.82) is 0 Å². The fourth-order valence-electron chi connectivity index (χ4n) is 2.81. The Bertz CT molecular complexity index is 870. The Balaban J connectivity index is 1.88. The quantitative estimate of drug-likeness (QED) is 0.645. The number of fused-ring (bicyclic) bond motifs is 1. The van der Waals surface area contributed by atoms with Gasteiger partial charge in [0.1, 0.15) is 5.82 Å². The summed E-state index contributed by atoms with van der Waals surface area (Å²) in [6.07, 6.45) is 1.11. The van der Waals surface area contributed by atoms with Crippen molar-refractivity contribution in [2.24, 2.45) is 5.92 Å². The summed E-state index contributed by atoms with van der Waals surface area (Å²) >= 11 is 12.0. The second-order valence-electron chi connectivity index (χ2n) is 6.23. The number of nitrogens with zero attached hydrogens (tertiary/aromatic N) is 4. The molecule has 0 saturated heterocycles. The summed E-state index contributed by atoms with van der Waals surface area (Å²) in [5.74, 6) is 2.36. The van der Waals surface area contributed by atoms with E-state index >= 15 is 0 Å². The van der Waals surface area contributed by atoms with Crippen LogP contribution in [-0.2, 0) is 0 Å². The van der Waals surface area contributed by atoms with Gasteiger partial charge >= 0.3 is 0 Å². The van der Waals surface area contributed by atoms with Crippen molar-refractivity contribution >= 4 is 28.8 Å². The van der Waals surface area contributed by atoms with Crippen molar-refractivity contribution in [2.45, 2.75) is 31.0 Å². The molecule has 0 aliphatic heterocycles. The molecule has 4 rings (SSSR count). The smallest absolute Gasteiger partial charge is 0.167 e. The van der Waals surface area contributed by atoms with Crippen LogP contribution in [0.4, 0.5) is 0 Å². The third kappa shape index (κ3) is 2.70. The van der Waals surface area contributed by atoms with Crippen molar-refractivity contribution in [3.8, 4) is 11.3 Å². The molecule has 1 saturated carbocycles. The summed E-state index contributed by atoms with van der Waals surface area (Å²) in [5.41, 5.74) is 3.91. The first kappa shape index (κ1) is 14.9. The predicted molar refractivity (Wildman–Crippen MR) is 91.9 cm³/mol. The Morgan fingerprint density at radius 3 is 2.48 bits per heavy atom. The highest BCUT2D eigenvalue weighted by Crippen LogP contribution is 2.46. The molecule has 0 spiro atoms. The van der Waals surface area contributed by atoms with Crippen LogP contribution in [0.25, 0.3) is 16.9 Å². The predicted octanol–water partition coefficient (Wildman–Crippen LogP) is 4.70. The number of hydrogen-bond acceptors (Lipinski definition) is 3. The van der Waals surface area contributed by atoms with Gasteiger partial charge in [-0.05, 0) is 19.3 Å². The summed E-state index contributed by atoms with van der Waals surface area (Å²) in [4.78, 5) is 8.29. The van der Waals surface area contributed by atoms with Crippen LogP contribution in [0.15, 0.2) is 30.3 Å². The molecule has 23 heavy (non-hydrogen) atoms. The van der Waals surface area contributed by atoms with E-state index in [9.17, 15) is 0 Å². The molecule has 3 aromatic rings. The zero-order valence-corrected chi connectivity index (χ0v) is 14.4. The van der Waals surface area contributed by atoms with E-state index in [1.165, 1.54) is 5.56 Å². The molecule has 2 aromatic heterocycles. The molecule has 1 aliphatic carbocycles. The number of rotatable bonds is 3. The van der Waals surface area contributed by atoms with E-state index in [0.29, 0.717) is 17.7 Å². The minimum Gasteiger partial charge on any atom is -0.215 e. The Labute approximate surface area is 144 Å². The largest absolute Gasteiger partial charge is 0.215 e. The van der Waals surface area contributed by atoms with Gasteiger partial charge in [0.2, 0.25) is 0 Å². The number of aryl methyl sites for hydroxylation is 1. The normalized spacial score (nSPS) is 20.4. The number of halogens is 2. The summed E-state index contributed by atoms with van der Waals surface area (Å²) in [5, 5.41) is 4.71. The van der Waals surface area contributed by atoms with E-state index in [0.717, 1.165) is 29.1 Å². The standard InChI is InChI=1S/C17H16Cl2N4/c1-9-3-5-11(6-4-9)13-8-14-20-16(15(18)19)21-17(23(14)22-13)12-7-10(12)2/h3-6,8,10,12,15H,7H2,1-2H3. The van der Waals surface area contributed by atoms with Gasteiger partial charge < -0.3 is 0 Å². The molecule has 2 heterocycles. The fourth-order valence-corrected chi connectivity index (χ4v) is 3.01. The fraction of sp³-hybridized carbons (Fsp3) is 0.353. The third-order valence-corrected chi connectivity index (χ3v) is 4.74. The van der Waals surface area contributed by atoms with Gasteiger partial charge in [-0.2, -0.15) is 5.10 Å². The van der Waals surface area contributed by atoms with Crippen molar-refractivity contribution in [3.05, 3.63) is 47.5 Å². The van der Waals surface area contributed by atoms with Crippen LogP contribution in [0, 0.1) is 12.8 Å². The van der Waals surface area contributed by atoms with Crippen LogP contribution >= 0.6 is 23.2 Å². The van der Waals surface area contributed by atoms with Crippen molar-refractivity contribution < 1.29 is 0 Å². The first-order chi connectivity index (χ1) is 11.0. The number of hydrogen-bond donors (Lipinski definition) is 0. The van der Waals surface area contributed by atoms with Gasteiger partial charge in [0, 0.05) is 17.5 Å². The Kier molecular flexibility index (Phi) is 3.54. The van der Waals surface area contributed by atoms with Crippen LogP contribution in [0.5, 0.6) is 0 Å². The van der Waals surface area contributed by atoms with Crippen molar-refractivity contribution in [1.82, 2.24) is 19.6 Å². The molecule has 0 radical (unpaired) electrons. The van der Waals surface area contributed by atoms with Gasteiger partial charge in [0.15, 0.2) is 16.3 Å². The van der Waals surface area contributed by atoms with Gasteiger partial charge in [-0.25, -0.2) is 14.5 Å². The molecule has 0 bridgehead atoms. The van der Waals surface area contributed by atoms with E-state index < -0.39 is 4.84 Å². The molecule has 6 heteroatoms. The van der Waals surface area contributed by atoms with E-state index in [1.54, 1.807) is 0 Å². The molecule has 2 unspecified atom stereocenters. The highest BCUT2D eigenvalue weighted by Gasteiger charge is 2.38. The van der Waals surface area contributed by atoms with E-state index in [2.05, 4.69) is 48.1 Å². The molecule has 0 N–H and O–H groups in total. The van der Waals surface area contributed by atoms with Crippen LogP contribution in [0.1, 0.15) is 41.3 Å². The lowest BCUT2D eigenvalue weighted by Gasteiger charge is -2.06. The maximum absolute atomic E-state index is 5.99. The number of aromatic nitrogens is 4. The molecular weight excluding hydrogens is 331 g/mol. The maximum Gasteiger partial charge on any atom is 0.167 e. The van der Waals surface area contributed by atoms with Crippen LogP contribution in [-0.4, -0.2) is 19.6 Å². The lowest BCUT2D eigenvalue weighted by molar-refractivity contribution is 0.737. The minimum absolute atomic E-state index is 0.400. The number of benzene rings is 1. The van der Waals surface area contributed by atoms with Gasteiger partial charge in [0.05, 0.1) is 5.69 Å². The van der Waals surface area contributed by atoms with Gasteiger partial charge in [-0.15, -0.1) is 0 Å². The van der Waals surface area contributed by atoms with Crippen LogP contribution < -0.4 is 0 Å². The zero-order chi connectivity index (χ0) is 16.1. The Hall–Kier alpha value is -1.65. The van der Waals surface area contributed by atoms with E-state index in [1.807, 2.05) is 10.6 Å². The lowest BCUT2D eigenvalue weighted by atomic mass is 10.1. The Morgan fingerprint density at radius 1 is 1.17 bits per heavy atom. The highest BCUT2D eigenvalue weighted by molar-refractivity contribution is 6.43. The second-order valence-corrected chi connectivity index (χ2v) is 7.32. The average Bonchev–Trinajstić information content (AvgIpc) is 3.09. The van der Waals surface area contributed by atoms with Crippen molar-refractivity contribution in [3.63, 3.8) is 0 Å². The van der Waals surface area contributed by atoms with Gasteiger partial charge in [-0.3, -0.25) is 0 Å². The summed E-state index contributed by atoms with van der Waals surface area (Å²) in [6.45, 7) is 4.28. The highest BCUT2D eigenvalue weighted by atomic mass is 35.5. The molecule has 2 atom stereocenters. The van der Waals surface area contributed by atoms with Crippen LogP contribution in [0.2, 0.25) is 0 Å². The first-order valence-corrected chi connectivity index (χ1v) is 8.53. The van der Waals surface area contributed by atoms with E-state index in [4.69, 9.17) is 28.3 Å². The molecular formula is C17H16Cl2N4. The van der Waals surface area contributed by atoms with Gasteiger partial charge in [-0.1, -0.05) is 60.0 Å². The first-order valence-electron chi connectivity index (χ1n) is 7.65. The lowest BCUT2D eigenvalue weighted by Crippen LogP contribution is -2.07. The molecule has 1 fully saturated rings. The molecule has 4 nitrogen and oxygen atoms in total. The number of alkyl halides is 2. The summed E-state index contributed by atoms with van der Waals surface area (Å²) in [6, 6.07) is 10.2. The third-order valence-electron chi connectivity index (χ3n) is 4.35. The molecule has 118 valence electrons. The monoisotopic (exact) mass is 346 g/mol. The average molecular weight is 347 g/mol. The molecule has 0 amide bonds. The second kappa shape index (κ2) is 5.46. The summed E-state index contributed by atoms with van der Waals surface area (Å²) < 4.78 is 1.84. The van der Waals surface area contributed by atoms with Crippen molar-refractivity contribution in [2.75, 3.05) is 0 Å². The van der Waals surface area contributed by atoms with E-state index in [-0.39, 0.29) is 0 Å². The van der Waals surface area contributed by atoms with Crippen LogP contribution in [0.3, 0.4) is 0 Å². The molecule has 1 aliphatic rings. The SMILES string of the molecule is Cc1ccc(-c2cc3nc(C(Cl)Cl)nc(C4CC4C)n3n2)cc1. The minimum atomic E-state index is -0.731. The maximum atomic E-state index is 5.99. The topological polar surface area (TPSA) is 43.1 Å². The Morgan fingerprint density at radius 2 is 1.87 bits per heavy atom.